The summed E-state index contributed by atoms with van der Waals surface area (Å²) in [6, 6.07) is 8.67. The van der Waals surface area contributed by atoms with Gasteiger partial charge < -0.3 is 10.2 Å². The van der Waals surface area contributed by atoms with Crippen molar-refractivity contribution >= 4 is 16.6 Å². The van der Waals surface area contributed by atoms with Gasteiger partial charge in [0.1, 0.15) is 5.82 Å². The molecule has 1 aliphatic heterocycles. The van der Waals surface area contributed by atoms with Crippen LogP contribution >= 0.6 is 0 Å². The topological polar surface area (TPSA) is 28.2 Å². The van der Waals surface area contributed by atoms with Crippen molar-refractivity contribution in [1.82, 2.24) is 10.3 Å². The zero-order valence-electron chi connectivity index (χ0n) is 12.2. The Labute approximate surface area is 121 Å². The fourth-order valence-corrected chi connectivity index (χ4v) is 2.99. The average Bonchev–Trinajstić information content (AvgIpc) is 2.53. The molecule has 3 nitrogen and oxygen atoms in total. The minimum atomic E-state index is 0.893. The lowest BCUT2D eigenvalue weighted by Gasteiger charge is -2.29. The number of fused-ring (bicyclic) bond motifs is 1. The molecule has 0 radical (unpaired) electrons. The highest BCUT2D eigenvalue weighted by atomic mass is 15.2. The van der Waals surface area contributed by atoms with E-state index in [-0.39, 0.29) is 0 Å². The third kappa shape index (κ3) is 2.63. The van der Waals surface area contributed by atoms with Gasteiger partial charge in [-0.3, -0.25) is 0 Å². The SMILES string of the molecule is CCNCc1cnc(N2CCCCC2)c2ccccc12. The Morgan fingerprint density at radius 3 is 2.60 bits per heavy atom. The van der Waals surface area contributed by atoms with Crippen LogP contribution in [-0.4, -0.2) is 24.6 Å². The van der Waals surface area contributed by atoms with Crippen molar-refractivity contribution < 1.29 is 0 Å². The van der Waals surface area contributed by atoms with Crippen LogP contribution in [-0.2, 0) is 6.54 Å². The van der Waals surface area contributed by atoms with Gasteiger partial charge in [-0.2, -0.15) is 0 Å². The van der Waals surface area contributed by atoms with E-state index in [0.29, 0.717) is 0 Å². The quantitative estimate of drug-likeness (QED) is 0.922. The maximum absolute atomic E-state index is 4.77. The second-order valence-corrected chi connectivity index (χ2v) is 5.48. The second kappa shape index (κ2) is 6.23. The fourth-order valence-electron chi connectivity index (χ4n) is 2.99. The Bertz CT molecular complexity index is 573. The summed E-state index contributed by atoms with van der Waals surface area (Å²) in [7, 11) is 0. The number of hydrogen-bond donors (Lipinski definition) is 1. The van der Waals surface area contributed by atoms with Gasteiger partial charge in [0, 0.05) is 31.2 Å². The van der Waals surface area contributed by atoms with Crippen molar-refractivity contribution in [3.63, 3.8) is 0 Å². The van der Waals surface area contributed by atoms with Crippen molar-refractivity contribution in [2.75, 3.05) is 24.5 Å². The van der Waals surface area contributed by atoms with Crippen molar-refractivity contribution in [2.24, 2.45) is 0 Å². The summed E-state index contributed by atoms with van der Waals surface area (Å²) in [5, 5.41) is 6.04. The average molecular weight is 269 g/mol. The normalized spacial score (nSPS) is 15.8. The first-order valence-electron chi connectivity index (χ1n) is 7.72. The van der Waals surface area contributed by atoms with Crippen molar-refractivity contribution in [3.8, 4) is 0 Å². The lowest BCUT2D eigenvalue weighted by atomic mass is 10.1. The number of benzene rings is 1. The molecule has 3 rings (SSSR count). The molecule has 1 aromatic heterocycles. The van der Waals surface area contributed by atoms with Gasteiger partial charge in [0.2, 0.25) is 0 Å². The number of aromatic nitrogens is 1. The summed E-state index contributed by atoms with van der Waals surface area (Å²) in [5.41, 5.74) is 1.29. The van der Waals surface area contributed by atoms with Gasteiger partial charge >= 0.3 is 0 Å². The van der Waals surface area contributed by atoms with Crippen molar-refractivity contribution in [3.05, 3.63) is 36.0 Å². The van der Waals surface area contributed by atoms with E-state index < -0.39 is 0 Å². The summed E-state index contributed by atoms with van der Waals surface area (Å²) < 4.78 is 0. The molecule has 1 aliphatic rings. The summed E-state index contributed by atoms with van der Waals surface area (Å²) in [5.74, 6) is 1.17. The summed E-state index contributed by atoms with van der Waals surface area (Å²) in [6.45, 7) is 6.30. The van der Waals surface area contributed by atoms with Gasteiger partial charge in [0.05, 0.1) is 0 Å². The standard InChI is InChI=1S/C17H23N3/c1-2-18-12-14-13-19-17(20-10-6-3-7-11-20)16-9-5-4-8-15(14)16/h4-5,8-9,13,18H,2-3,6-7,10-12H2,1H3. The molecule has 0 atom stereocenters. The number of hydrogen-bond acceptors (Lipinski definition) is 3. The third-order valence-corrected chi connectivity index (χ3v) is 4.08. The molecule has 2 heterocycles. The van der Waals surface area contributed by atoms with Crippen molar-refractivity contribution in [2.45, 2.75) is 32.7 Å². The van der Waals surface area contributed by atoms with Gasteiger partial charge in [0.25, 0.3) is 0 Å². The first kappa shape index (κ1) is 13.4. The summed E-state index contributed by atoms with van der Waals surface area (Å²) in [6.07, 6.45) is 5.98. The van der Waals surface area contributed by atoms with E-state index in [1.807, 2.05) is 0 Å². The Hall–Kier alpha value is -1.61. The van der Waals surface area contributed by atoms with Gasteiger partial charge in [-0.05, 0) is 36.8 Å². The molecule has 1 N–H and O–H groups in total. The zero-order chi connectivity index (χ0) is 13.8. The van der Waals surface area contributed by atoms with Crippen LogP contribution < -0.4 is 10.2 Å². The molecule has 1 aromatic carbocycles. The predicted octanol–water partition coefficient (Wildman–Crippen LogP) is 3.33. The number of nitrogens with one attached hydrogen (secondary N) is 1. The summed E-state index contributed by atoms with van der Waals surface area (Å²) >= 11 is 0. The van der Waals surface area contributed by atoms with Crippen LogP contribution in [0.1, 0.15) is 31.7 Å². The van der Waals surface area contributed by atoms with E-state index in [4.69, 9.17) is 4.98 Å². The fraction of sp³-hybridized carbons (Fsp3) is 0.471. The molecule has 1 saturated heterocycles. The van der Waals surface area contributed by atoms with Crippen LogP contribution in [0.15, 0.2) is 30.5 Å². The molecular formula is C17H23N3. The smallest absolute Gasteiger partial charge is 0.136 e. The van der Waals surface area contributed by atoms with E-state index in [1.54, 1.807) is 0 Å². The van der Waals surface area contributed by atoms with Gasteiger partial charge in [-0.1, -0.05) is 31.2 Å². The largest absolute Gasteiger partial charge is 0.356 e. The van der Waals surface area contributed by atoms with E-state index >= 15 is 0 Å². The molecule has 0 amide bonds. The van der Waals surface area contributed by atoms with Gasteiger partial charge in [-0.15, -0.1) is 0 Å². The molecule has 0 unspecified atom stereocenters. The Kier molecular flexibility index (Phi) is 4.16. The zero-order valence-corrected chi connectivity index (χ0v) is 12.2. The van der Waals surface area contributed by atoms with Crippen LogP contribution in [0.5, 0.6) is 0 Å². The first-order valence-corrected chi connectivity index (χ1v) is 7.72. The Morgan fingerprint density at radius 2 is 1.85 bits per heavy atom. The minimum absolute atomic E-state index is 0.893. The molecule has 0 aliphatic carbocycles. The van der Waals surface area contributed by atoms with E-state index in [0.717, 1.165) is 26.2 Å². The molecule has 3 heteroatoms. The van der Waals surface area contributed by atoms with E-state index in [2.05, 4.69) is 47.6 Å². The highest BCUT2D eigenvalue weighted by Crippen LogP contribution is 2.28. The highest BCUT2D eigenvalue weighted by molar-refractivity contribution is 5.94. The third-order valence-electron chi connectivity index (χ3n) is 4.08. The maximum Gasteiger partial charge on any atom is 0.136 e. The lowest BCUT2D eigenvalue weighted by Crippen LogP contribution is -2.30. The number of rotatable bonds is 4. The molecule has 0 saturated carbocycles. The predicted molar refractivity (Wildman–Crippen MR) is 85.2 cm³/mol. The number of pyridine rings is 1. The van der Waals surface area contributed by atoms with Crippen LogP contribution in [0.2, 0.25) is 0 Å². The summed E-state index contributed by atoms with van der Waals surface area (Å²) in [4.78, 5) is 7.22. The Balaban J connectivity index is 2.01. The highest BCUT2D eigenvalue weighted by Gasteiger charge is 2.15. The Morgan fingerprint density at radius 1 is 1.10 bits per heavy atom. The second-order valence-electron chi connectivity index (χ2n) is 5.48. The van der Waals surface area contributed by atoms with Crippen LogP contribution in [0.3, 0.4) is 0 Å². The van der Waals surface area contributed by atoms with Crippen LogP contribution in [0.4, 0.5) is 5.82 Å². The molecule has 1 fully saturated rings. The van der Waals surface area contributed by atoms with Gasteiger partial charge in [0.15, 0.2) is 0 Å². The number of piperidine rings is 1. The first-order chi connectivity index (χ1) is 9.90. The van der Waals surface area contributed by atoms with Crippen LogP contribution in [0.25, 0.3) is 10.8 Å². The number of anilines is 1. The van der Waals surface area contributed by atoms with Gasteiger partial charge in [-0.25, -0.2) is 4.98 Å². The molecule has 2 aromatic rings. The number of nitrogens with zero attached hydrogens (tertiary/aromatic N) is 2. The molecule has 106 valence electrons. The molecule has 0 bridgehead atoms. The lowest BCUT2D eigenvalue weighted by molar-refractivity contribution is 0.574. The molecule has 0 spiro atoms. The monoisotopic (exact) mass is 269 g/mol. The van der Waals surface area contributed by atoms with E-state index in [9.17, 15) is 0 Å². The molecular weight excluding hydrogens is 246 g/mol. The maximum atomic E-state index is 4.77. The van der Waals surface area contributed by atoms with E-state index in [1.165, 1.54) is 41.4 Å². The van der Waals surface area contributed by atoms with Crippen molar-refractivity contribution in [1.29, 1.82) is 0 Å². The minimum Gasteiger partial charge on any atom is -0.356 e. The van der Waals surface area contributed by atoms with Crippen LogP contribution in [0, 0.1) is 0 Å². The molecule has 20 heavy (non-hydrogen) atoms.